The predicted octanol–water partition coefficient (Wildman–Crippen LogP) is 2.51. The Balaban J connectivity index is 2.07. The van der Waals surface area contributed by atoms with Crippen LogP contribution >= 0.6 is 0 Å². The highest BCUT2D eigenvalue weighted by molar-refractivity contribution is 6.01. The number of nitrogens with zero attached hydrogens (tertiary/aromatic N) is 1. The van der Waals surface area contributed by atoms with Gasteiger partial charge in [-0.05, 0) is 25.5 Å². The second-order valence-corrected chi connectivity index (χ2v) is 6.07. The number of ether oxygens (including phenoxy) is 1. The largest absolute Gasteiger partial charge is 0.465 e. The Morgan fingerprint density at radius 1 is 1.57 bits per heavy atom. The lowest BCUT2D eigenvalue weighted by Crippen LogP contribution is -2.68. The monoisotopic (exact) mass is 288 g/mol. The molecule has 5 nitrogen and oxygen atoms in total. The summed E-state index contributed by atoms with van der Waals surface area (Å²) >= 11 is 0. The second-order valence-electron chi connectivity index (χ2n) is 6.07. The summed E-state index contributed by atoms with van der Waals surface area (Å²) in [7, 11) is 1.68. The van der Waals surface area contributed by atoms with Crippen LogP contribution in [0.25, 0.3) is 6.08 Å². The molecule has 1 aromatic heterocycles. The third kappa shape index (κ3) is 2.59. The van der Waals surface area contributed by atoms with Gasteiger partial charge in [0.15, 0.2) is 0 Å². The van der Waals surface area contributed by atoms with Crippen molar-refractivity contribution in [1.29, 1.82) is 5.26 Å². The van der Waals surface area contributed by atoms with Crippen molar-refractivity contribution in [1.82, 2.24) is 5.32 Å². The van der Waals surface area contributed by atoms with Gasteiger partial charge in [-0.1, -0.05) is 13.8 Å². The summed E-state index contributed by atoms with van der Waals surface area (Å²) in [6.07, 6.45) is 3.66. The summed E-state index contributed by atoms with van der Waals surface area (Å²) in [5.41, 5.74) is -0.419. The standard InChI is InChI=1S/C16H20N2O3/c1-15(2)13(9-16(15,3)20-4)18-14(19)11(10-17)8-12-6-5-7-21-12/h5-8,13H,9H2,1-4H3,(H,18,19)/b11-8+/t13-,16+/m0/s1. The Bertz CT molecular complexity index is 596. The van der Waals surface area contributed by atoms with Gasteiger partial charge in [0.1, 0.15) is 17.4 Å². The molecule has 1 saturated carbocycles. The number of rotatable bonds is 4. The number of carbonyl (C=O) groups is 1. The minimum absolute atomic E-state index is 0.0247. The first-order chi connectivity index (χ1) is 9.84. The molecule has 0 unspecified atom stereocenters. The maximum atomic E-state index is 12.2. The molecule has 1 aromatic rings. The molecule has 21 heavy (non-hydrogen) atoms. The van der Waals surface area contributed by atoms with Crippen molar-refractivity contribution in [2.24, 2.45) is 5.41 Å². The molecule has 0 bridgehead atoms. The van der Waals surface area contributed by atoms with Crippen molar-refractivity contribution in [2.45, 2.75) is 38.8 Å². The van der Waals surface area contributed by atoms with Gasteiger partial charge in [0.05, 0.1) is 11.9 Å². The maximum Gasteiger partial charge on any atom is 0.262 e. The molecule has 0 aliphatic heterocycles. The van der Waals surface area contributed by atoms with Crippen molar-refractivity contribution in [3.05, 3.63) is 29.7 Å². The lowest BCUT2D eigenvalue weighted by atomic mass is 9.56. The number of carbonyl (C=O) groups excluding carboxylic acids is 1. The van der Waals surface area contributed by atoms with Gasteiger partial charge in [-0.2, -0.15) is 5.26 Å². The molecule has 2 rings (SSSR count). The SMILES string of the molecule is CO[C@]1(C)C[C@H](NC(=O)/C(C#N)=C/c2ccco2)C1(C)C. The van der Waals surface area contributed by atoms with Crippen LogP contribution < -0.4 is 5.32 Å². The average Bonchev–Trinajstić information content (AvgIpc) is 2.96. The van der Waals surface area contributed by atoms with Gasteiger partial charge in [-0.3, -0.25) is 4.79 Å². The first-order valence-corrected chi connectivity index (χ1v) is 6.85. The minimum atomic E-state index is -0.384. The van der Waals surface area contributed by atoms with Gasteiger partial charge in [0, 0.05) is 24.6 Å². The fraction of sp³-hybridized carbons (Fsp3) is 0.500. The minimum Gasteiger partial charge on any atom is -0.465 e. The molecular weight excluding hydrogens is 268 g/mol. The number of hydrogen-bond donors (Lipinski definition) is 1. The summed E-state index contributed by atoms with van der Waals surface area (Å²) in [6, 6.07) is 5.29. The maximum absolute atomic E-state index is 12.2. The van der Waals surface area contributed by atoms with E-state index in [1.54, 1.807) is 19.2 Å². The van der Waals surface area contributed by atoms with E-state index in [0.717, 1.165) is 6.42 Å². The zero-order chi connectivity index (χ0) is 15.7. The van der Waals surface area contributed by atoms with Gasteiger partial charge >= 0.3 is 0 Å². The molecule has 0 aromatic carbocycles. The highest BCUT2D eigenvalue weighted by atomic mass is 16.5. The predicted molar refractivity (Wildman–Crippen MR) is 78.0 cm³/mol. The first-order valence-electron chi connectivity index (χ1n) is 6.85. The highest BCUT2D eigenvalue weighted by Gasteiger charge is 2.58. The van der Waals surface area contributed by atoms with Gasteiger partial charge in [-0.15, -0.1) is 0 Å². The topological polar surface area (TPSA) is 75.3 Å². The zero-order valence-corrected chi connectivity index (χ0v) is 12.8. The van der Waals surface area contributed by atoms with E-state index in [1.807, 2.05) is 26.8 Å². The van der Waals surface area contributed by atoms with Gasteiger partial charge in [0.2, 0.25) is 0 Å². The number of hydrogen-bond acceptors (Lipinski definition) is 4. The normalized spacial score (nSPS) is 27.6. The van der Waals surface area contributed by atoms with Crippen molar-refractivity contribution in [2.75, 3.05) is 7.11 Å². The van der Waals surface area contributed by atoms with Crippen molar-refractivity contribution >= 4 is 12.0 Å². The van der Waals surface area contributed by atoms with Crippen LogP contribution in [-0.2, 0) is 9.53 Å². The van der Waals surface area contributed by atoms with Crippen LogP contribution in [0.4, 0.5) is 0 Å². The van der Waals surface area contributed by atoms with Crippen LogP contribution in [0, 0.1) is 16.7 Å². The molecule has 1 amide bonds. The third-order valence-corrected chi connectivity index (χ3v) is 4.78. The summed E-state index contributed by atoms with van der Waals surface area (Å²) in [6.45, 7) is 6.13. The van der Waals surface area contributed by atoms with Gasteiger partial charge in [-0.25, -0.2) is 0 Å². The molecule has 0 spiro atoms. The smallest absolute Gasteiger partial charge is 0.262 e. The van der Waals surface area contributed by atoms with Gasteiger partial charge < -0.3 is 14.5 Å². The summed E-state index contributed by atoms with van der Waals surface area (Å²) in [5, 5.41) is 12.0. The Morgan fingerprint density at radius 3 is 2.76 bits per heavy atom. The van der Waals surface area contributed by atoms with E-state index in [0.29, 0.717) is 5.76 Å². The van der Waals surface area contributed by atoms with Crippen LogP contribution in [-0.4, -0.2) is 24.7 Å². The van der Waals surface area contributed by atoms with Crippen LogP contribution in [0.15, 0.2) is 28.4 Å². The Labute approximate surface area is 124 Å². The fourth-order valence-electron chi connectivity index (χ4n) is 2.62. The quantitative estimate of drug-likeness (QED) is 0.682. The molecule has 0 saturated heterocycles. The van der Waals surface area contributed by atoms with Gasteiger partial charge in [0.25, 0.3) is 5.91 Å². The van der Waals surface area contributed by atoms with Crippen molar-refractivity contribution < 1.29 is 13.9 Å². The average molecular weight is 288 g/mol. The number of nitrogens with one attached hydrogen (secondary N) is 1. The fourth-order valence-corrected chi connectivity index (χ4v) is 2.62. The molecule has 1 aliphatic rings. The number of furan rings is 1. The molecule has 1 fully saturated rings. The summed E-state index contributed by atoms with van der Waals surface area (Å²) < 4.78 is 10.7. The molecule has 1 aliphatic carbocycles. The van der Waals surface area contributed by atoms with E-state index < -0.39 is 0 Å². The Hall–Kier alpha value is -2.06. The molecule has 112 valence electrons. The molecule has 5 heteroatoms. The van der Waals surface area contributed by atoms with E-state index in [4.69, 9.17) is 14.4 Å². The molecule has 1 heterocycles. The third-order valence-electron chi connectivity index (χ3n) is 4.78. The highest BCUT2D eigenvalue weighted by Crippen LogP contribution is 2.51. The number of methoxy groups -OCH3 is 1. The molecular formula is C16H20N2O3. The zero-order valence-electron chi connectivity index (χ0n) is 12.8. The Kier molecular flexibility index (Phi) is 3.93. The number of nitriles is 1. The second kappa shape index (κ2) is 5.38. The van der Waals surface area contributed by atoms with E-state index in [9.17, 15) is 4.79 Å². The van der Waals surface area contributed by atoms with E-state index in [-0.39, 0.29) is 28.5 Å². The van der Waals surface area contributed by atoms with Crippen molar-refractivity contribution in [3.8, 4) is 6.07 Å². The van der Waals surface area contributed by atoms with Crippen LogP contribution in [0.5, 0.6) is 0 Å². The first kappa shape index (κ1) is 15.3. The molecule has 0 radical (unpaired) electrons. The van der Waals surface area contributed by atoms with E-state index in [1.165, 1.54) is 12.3 Å². The van der Waals surface area contributed by atoms with E-state index >= 15 is 0 Å². The number of amides is 1. The van der Waals surface area contributed by atoms with Crippen molar-refractivity contribution in [3.63, 3.8) is 0 Å². The van der Waals surface area contributed by atoms with Crippen LogP contribution in [0.3, 0.4) is 0 Å². The Morgan fingerprint density at radius 2 is 2.29 bits per heavy atom. The lowest BCUT2D eigenvalue weighted by Gasteiger charge is -2.59. The molecule has 2 atom stereocenters. The van der Waals surface area contributed by atoms with E-state index in [2.05, 4.69) is 5.32 Å². The van der Waals surface area contributed by atoms with Crippen LogP contribution in [0.1, 0.15) is 33.0 Å². The molecule has 1 N–H and O–H groups in total. The lowest BCUT2D eigenvalue weighted by molar-refractivity contribution is -0.181. The summed E-state index contributed by atoms with van der Waals surface area (Å²) in [5.74, 6) is 0.0985. The summed E-state index contributed by atoms with van der Waals surface area (Å²) in [4.78, 5) is 12.2. The van der Waals surface area contributed by atoms with Crippen LogP contribution in [0.2, 0.25) is 0 Å².